The van der Waals surface area contributed by atoms with Gasteiger partial charge >= 0.3 is 13.6 Å². The van der Waals surface area contributed by atoms with Gasteiger partial charge in [-0.2, -0.15) is 0 Å². The predicted octanol–water partition coefficient (Wildman–Crippen LogP) is 8.03. The number of carbonyl (C=O) groups is 1. The Balaban J connectivity index is 1.30. The van der Waals surface area contributed by atoms with Gasteiger partial charge in [-0.3, -0.25) is 4.57 Å². The third-order valence-electron chi connectivity index (χ3n) is 7.17. The van der Waals surface area contributed by atoms with Crippen molar-refractivity contribution in [3.05, 3.63) is 113 Å². The SMILES string of the molecule is CCOP(=O)(/C=C\c1cn(-c2ccccc2)nc1OCc1ccc(OCc2nc(-c3cccc(C(=O)OC)c3)oc2C)c(OC)c1)OCC. The largest absolute Gasteiger partial charge is 0.493 e. The second-order valence-corrected chi connectivity index (χ2v) is 12.4. The molecule has 49 heavy (non-hydrogen) atoms. The highest BCUT2D eigenvalue weighted by Crippen LogP contribution is 2.50. The summed E-state index contributed by atoms with van der Waals surface area (Å²) in [7, 11) is -0.557. The van der Waals surface area contributed by atoms with Crippen LogP contribution in [0, 0.1) is 6.92 Å². The fourth-order valence-corrected chi connectivity index (χ4v) is 6.08. The van der Waals surface area contributed by atoms with E-state index in [2.05, 4.69) is 10.1 Å². The highest BCUT2D eigenvalue weighted by molar-refractivity contribution is 7.57. The molecule has 5 rings (SSSR count). The van der Waals surface area contributed by atoms with Crippen LogP contribution in [0.15, 0.2) is 89.2 Å². The Bertz CT molecular complexity index is 1940. The monoisotopic (exact) mass is 687 g/mol. The molecule has 256 valence electrons. The molecular formula is C36H38N3O9P. The van der Waals surface area contributed by atoms with E-state index in [1.807, 2.05) is 42.5 Å². The fourth-order valence-electron chi connectivity index (χ4n) is 4.77. The van der Waals surface area contributed by atoms with Gasteiger partial charge in [-0.1, -0.05) is 30.3 Å². The number of hydrogen-bond donors (Lipinski definition) is 0. The van der Waals surface area contributed by atoms with Crippen molar-refractivity contribution in [1.82, 2.24) is 14.8 Å². The zero-order valence-electron chi connectivity index (χ0n) is 28.0. The van der Waals surface area contributed by atoms with E-state index in [-0.39, 0.29) is 26.4 Å². The summed E-state index contributed by atoms with van der Waals surface area (Å²) in [5, 5.41) is 4.64. The second-order valence-electron chi connectivity index (χ2n) is 10.5. The summed E-state index contributed by atoms with van der Waals surface area (Å²) in [6.07, 6.45) is 3.42. The van der Waals surface area contributed by atoms with Crippen LogP contribution in [0.4, 0.5) is 0 Å². The molecule has 13 heteroatoms. The molecule has 0 radical (unpaired) electrons. The summed E-state index contributed by atoms with van der Waals surface area (Å²) in [4.78, 5) is 16.5. The van der Waals surface area contributed by atoms with Crippen LogP contribution in [0.5, 0.6) is 17.4 Å². The molecule has 0 unspecified atom stereocenters. The number of esters is 1. The number of hydrogen-bond acceptors (Lipinski definition) is 11. The first-order valence-electron chi connectivity index (χ1n) is 15.6. The molecule has 0 amide bonds. The topological polar surface area (TPSA) is 133 Å². The molecule has 3 aromatic carbocycles. The van der Waals surface area contributed by atoms with Gasteiger partial charge in [0.05, 0.1) is 44.2 Å². The number of ether oxygens (including phenoxy) is 4. The molecule has 12 nitrogen and oxygen atoms in total. The van der Waals surface area contributed by atoms with Gasteiger partial charge < -0.3 is 32.4 Å². The summed E-state index contributed by atoms with van der Waals surface area (Å²) in [6, 6.07) is 21.9. The molecule has 5 aromatic rings. The molecule has 2 aromatic heterocycles. The van der Waals surface area contributed by atoms with Crippen LogP contribution in [0.25, 0.3) is 23.2 Å². The standard InChI is InChI=1S/C36H38N3O9P/c1-6-46-49(41,47-7-2)19-18-29-22-39(30-14-9-8-10-15-30)38-35(29)45-23-26-16-17-32(33(20-26)42-4)44-24-31-25(3)48-34(37-31)27-12-11-13-28(21-27)36(40)43-5/h8-22H,6-7,23-24H2,1-5H3/b19-18-. The number of aryl methyl sites for hydroxylation is 1. The minimum Gasteiger partial charge on any atom is -0.493 e. The van der Waals surface area contributed by atoms with E-state index in [0.717, 1.165) is 11.3 Å². The number of nitrogens with zero attached hydrogens (tertiary/aromatic N) is 3. The third kappa shape index (κ3) is 8.85. The summed E-state index contributed by atoms with van der Waals surface area (Å²) < 4.78 is 54.1. The molecule has 0 saturated carbocycles. The van der Waals surface area contributed by atoms with E-state index in [1.165, 1.54) is 12.9 Å². The Labute approximate surface area is 284 Å². The Morgan fingerprint density at radius 1 is 0.918 bits per heavy atom. The number of benzene rings is 3. The molecule has 0 bridgehead atoms. The van der Waals surface area contributed by atoms with Crippen molar-refractivity contribution in [2.75, 3.05) is 27.4 Å². The average molecular weight is 688 g/mol. The van der Waals surface area contributed by atoms with Crippen molar-refractivity contribution in [1.29, 1.82) is 0 Å². The summed E-state index contributed by atoms with van der Waals surface area (Å²) >= 11 is 0. The number of aromatic nitrogens is 3. The van der Waals surface area contributed by atoms with Crippen molar-refractivity contribution in [2.45, 2.75) is 34.0 Å². The molecule has 0 spiro atoms. The Morgan fingerprint density at radius 2 is 1.69 bits per heavy atom. The number of carbonyl (C=O) groups excluding carboxylic acids is 1. The molecule has 0 aliphatic rings. The molecule has 0 saturated heterocycles. The lowest BCUT2D eigenvalue weighted by atomic mass is 10.1. The van der Waals surface area contributed by atoms with Crippen molar-refractivity contribution >= 4 is 19.6 Å². The van der Waals surface area contributed by atoms with Crippen molar-refractivity contribution in [2.24, 2.45) is 0 Å². The average Bonchev–Trinajstić information content (AvgIpc) is 3.72. The minimum absolute atomic E-state index is 0.123. The van der Waals surface area contributed by atoms with Gasteiger partial charge in [-0.15, -0.1) is 5.10 Å². The Hall–Kier alpha value is -5.16. The first-order chi connectivity index (χ1) is 23.7. The van der Waals surface area contributed by atoms with E-state index in [9.17, 15) is 9.36 Å². The number of methoxy groups -OCH3 is 2. The van der Waals surface area contributed by atoms with Crippen LogP contribution in [-0.4, -0.2) is 48.2 Å². The zero-order chi connectivity index (χ0) is 34.8. The number of rotatable bonds is 16. The zero-order valence-corrected chi connectivity index (χ0v) is 28.8. The predicted molar refractivity (Wildman–Crippen MR) is 183 cm³/mol. The lowest BCUT2D eigenvalue weighted by Crippen LogP contribution is -2.02. The van der Waals surface area contributed by atoms with Crippen LogP contribution in [0.3, 0.4) is 0 Å². The lowest BCUT2D eigenvalue weighted by molar-refractivity contribution is 0.0600. The van der Waals surface area contributed by atoms with E-state index in [1.54, 1.807) is 75.2 Å². The first-order valence-corrected chi connectivity index (χ1v) is 17.2. The number of para-hydroxylation sites is 1. The maximum Gasteiger partial charge on any atom is 0.354 e. The van der Waals surface area contributed by atoms with Crippen LogP contribution in [-0.2, 0) is 31.6 Å². The van der Waals surface area contributed by atoms with Gasteiger partial charge in [0.15, 0.2) is 11.5 Å². The Kier molecular flexibility index (Phi) is 11.7. The van der Waals surface area contributed by atoms with Crippen LogP contribution >= 0.6 is 7.60 Å². The quantitative estimate of drug-likeness (QED) is 0.0737. The van der Waals surface area contributed by atoms with Crippen LogP contribution in [0.1, 0.15) is 46.8 Å². The maximum atomic E-state index is 13.1. The molecule has 2 heterocycles. The molecule has 0 N–H and O–H groups in total. The molecule has 0 atom stereocenters. The molecular weight excluding hydrogens is 649 g/mol. The second kappa shape index (κ2) is 16.3. The lowest BCUT2D eigenvalue weighted by Gasteiger charge is -2.13. The van der Waals surface area contributed by atoms with E-state index >= 15 is 0 Å². The van der Waals surface area contributed by atoms with Crippen molar-refractivity contribution < 1.29 is 41.8 Å². The summed E-state index contributed by atoms with van der Waals surface area (Å²) in [6.45, 7) is 6.07. The third-order valence-corrected chi connectivity index (χ3v) is 8.92. The van der Waals surface area contributed by atoms with Gasteiger partial charge in [-0.25, -0.2) is 14.5 Å². The fraction of sp³-hybridized carbons (Fsp3) is 0.250. The van der Waals surface area contributed by atoms with Crippen molar-refractivity contribution in [3.63, 3.8) is 0 Å². The first kappa shape index (κ1) is 35.2. The van der Waals surface area contributed by atoms with Gasteiger partial charge in [0, 0.05) is 17.6 Å². The van der Waals surface area contributed by atoms with Gasteiger partial charge in [0.2, 0.25) is 11.8 Å². The summed E-state index contributed by atoms with van der Waals surface area (Å²) in [5.41, 5.74) is 3.86. The van der Waals surface area contributed by atoms with E-state index in [0.29, 0.717) is 51.4 Å². The summed E-state index contributed by atoms with van der Waals surface area (Å²) in [5.74, 6) is 3.26. The molecule has 0 aliphatic heterocycles. The maximum absolute atomic E-state index is 13.1. The van der Waals surface area contributed by atoms with E-state index < -0.39 is 13.6 Å². The smallest absolute Gasteiger partial charge is 0.354 e. The molecule has 0 aliphatic carbocycles. The van der Waals surface area contributed by atoms with E-state index in [4.69, 9.17) is 32.4 Å². The Morgan fingerprint density at radius 3 is 2.41 bits per heavy atom. The van der Waals surface area contributed by atoms with Crippen LogP contribution in [0.2, 0.25) is 0 Å². The van der Waals surface area contributed by atoms with Crippen LogP contribution < -0.4 is 14.2 Å². The highest BCUT2D eigenvalue weighted by atomic mass is 31.2. The van der Waals surface area contributed by atoms with Crippen molar-refractivity contribution in [3.8, 4) is 34.5 Å². The van der Waals surface area contributed by atoms with Gasteiger partial charge in [0.25, 0.3) is 0 Å². The number of oxazole rings is 1. The molecule has 0 fully saturated rings. The normalized spacial score (nSPS) is 11.5. The van der Waals surface area contributed by atoms with Gasteiger partial charge in [-0.05, 0) is 74.9 Å². The highest BCUT2D eigenvalue weighted by Gasteiger charge is 2.21. The minimum atomic E-state index is -3.45. The van der Waals surface area contributed by atoms with Gasteiger partial charge in [0.1, 0.15) is 24.7 Å².